The summed E-state index contributed by atoms with van der Waals surface area (Å²) in [5.41, 5.74) is 0.414. The first-order chi connectivity index (χ1) is 8.99. The number of rotatable bonds is 4. The molecule has 2 atom stereocenters. The highest BCUT2D eigenvalue weighted by Gasteiger charge is 2.36. The van der Waals surface area contributed by atoms with Crippen LogP contribution in [0.25, 0.3) is 0 Å². The molecule has 5 nitrogen and oxygen atoms in total. The number of hydrogen-bond acceptors (Lipinski definition) is 2. The lowest BCUT2D eigenvalue weighted by molar-refractivity contribution is 0.0697. The van der Waals surface area contributed by atoms with E-state index in [1.807, 2.05) is 0 Å². The molecule has 1 aromatic carbocycles. The highest BCUT2D eigenvalue weighted by atomic mass is 35.5. The van der Waals surface area contributed by atoms with Crippen molar-refractivity contribution < 1.29 is 14.7 Å². The van der Waals surface area contributed by atoms with Crippen LogP contribution in [0.15, 0.2) is 18.2 Å². The third-order valence-electron chi connectivity index (χ3n) is 3.17. The maximum absolute atomic E-state index is 11.7. The van der Waals surface area contributed by atoms with E-state index in [-0.39, 0.29) is 22.7 Å². The number of carbonyl (C=O) groups is 2. The molecule has 19 heavy (non-hydrogen) atoms. The summed E-state index contributed by atoms with van der Waals surface area (Å²) in [6, 6.07) is 4.11. The third-order valence-corrected chi connectivity index (χ3v) is 3.38. The van der Waals surface area contributed by atoms with E-state index in [2.05, 4.69) is 17.6 Å². The summed E-state index contributed by atoms with van der Waals surface area (Å²) in [4.78, 5) is 22.6. The van der Waals surface area contributed by atoms with E-state index in [1.165, 1.54) is 18.2 Å². The predicted molar refractivity (Wildman–Crippen MR) is 72.8 cm³/mol. The van der Waals surface area contributed by atoms with Crippen molar-refractivity contribution in [1.82, 2.24) is 5.32 Å². The molecule has 0 saturated heterocycles. The van der Waals surface area contributed by atoms with Gasteiger partial charge < -0.3 is 15.7 Å². The van der Waals surface area contributed by atoms with Crippen molar-refractivity contribution in [1.29, 1.82) is 0 Å². The molecule has 0 bridgehead atoms. The maximum atomic E-state index is 11.7. The fourth-order valence-electron chi connectivity index (χ4n) is 2.00. The van der Waals surface area contributed by atoms with Crippen molar-refractivity contribution in [2.75, 3.05) is 5.32 Å². The molecule has 1 saturated carbocycles. The van der Waals surface area contributed by atoms with Gasteiger partial charge in [-0.1, -0.05) is 24.9 Å². The Morgan fingerprint density at radius 1 is 1.42 bits per heavy atom. The number of benzene rings is 1. The first-order valence-electron chi connectivity index (χ1n) is 6.11. The molecule has 2 rings (SSSR count). The van der Waals surface area contributed by atoms with Crippen LogP contribution >= 0.6 is 11.6 Å². The molecule has 1 aliphatic carbocycles. The van der Waals surface area contributed by atoms with Crippen LogP contribution in [0.4, 0.5) is 10.5 Å². The number of anilines is 1. The molecule has 0 aliphatic heterocycles. The van der Waals surface area contributed by atoms with Gasteiger partial charge >= 0.3 is 12.0 Å². The molecule has 102 valence electrons. The zero-order valence-corrected chi connectivity index (χ0v) is 11.2. The van der Waals surface area contributed by atoms with Crippen LogP contribution in [-0.4, -0.2) is 23.1 Å². The Morgan fingerprint density at radius 2 is 2.16 bits per heavy atom. The molecule has 1 fully saturated rings. The normalized spacial score (nSPS) is 20.7. The first-order valence-corrected chi connectivity index (χ1v) is 6.48. The van der Waals surface area contributed by atoms with Gasteiger partial charge in [0.15, 0.2) is 0 Å². The van der Waals surface area contributed by atoms with Crippen molar-refractivity contribution in [3.05, 3.63) is 28.8 Å². The third kappa shape index (κ3) is 3.61. The lowest BCUT2D eigenvalue weighted by Crippen LogP contribution is -2.31. The number of halogens is 1. The predicted octanol–water partition coefficient (Wildman–Crippen LogP) is 2.96. The Balaban J connectivity index is 1.98. The summed E-state index contributed by atoms with van der Waals surface area (Å²) in [7, 11) is 0. The van der Waals surface area contributed by atoms with Gasteiger partial charge in [-0.25, -0.2) is 9.59 Å². The second-order valence-corrected chi connectivity index (χ2v) is 5.08. The van der Waals surface area contributed by atoms with Gasteiger partial charge in [-0.2, -0.15) is 0 Å². The molecule has 2 amide bonds. The van der Waals surface area contributed by atoms with Crippen molar-refractivity contribution >= 4 is 29.3 Å². The quantitative estimate of drug-likeness (QED) is 0.794. The van der Waals surface area contributed by atoms with E-state index in [1.54, 1.807) is 0 Å². The Kier molecular flexibility index (Phi) is 3.95. The Hall–Kier alpha value is -1.75. The van der Waals surface area contributed by atoms with Gasteiger partial charge in [-0.05, 0) is 30.5 Å². The standard InChI is InChI=1S/C13H15ClN2O3/c1-2-7-5-11(7)16-13(19)15-10-4-8(12(17)18)3-9(14)6-10/h3-4,6-7,11H,2,5H2,1H3,(H,17,18)(H2,15,16,19). The molecule has 2 unspecified atom stereocenters. The van der Waals surface area contributed by atoms with Gasteiger partial charge in [0, 0.05) is 16.8 Å². The molecule has 6 heteroatoms. The van der Waals surface area contributed by atoms with Crippen LogP contribution in [0.5, 0.6) is 0 Å². The zero-order valence-electron chi connectivity index (χ0n) is 10.4. The number of carboxylic acids is 1. The average molecular weight is 283 g/mol. The number of urea groups is 1. The van der Waals surface area contributed by atoms with E-state index >= 15 is 0 Å². The highest BCUT2D eigenvalue weighted by molar-refractivity contribution is 6.31. The monoisotopic (exact) mass is 282 g/mol. The van der Waals surface area contributed by atoms with E-state index in [0.29, 0.717) is 11.6 Å². The summed E-state index contributed by atoms with van der Waals surface area (Å²) in [6.45, 7) is 2.08. The van der Waals surface area contributed by atoms with E-state index in [9.17, 15) is 9.59 Å². The molecule has 1 aliphatic rings. The van der Waals surface area contributed by atoms with Crippen molar-refractivity contribution in [3.8, 4) is 0 Å². The smallest absolute Gasteiger partial charge is 0.335 e. The van der Waals surface area contributed by atoms with Gasteiger partial charge in [-0.15, -0.1) is 0 Å². The summed E-state index contributed by atoms with van der Waals surface area (Å²) in [6.07, 6.45) is 2.05. The van der Waals surface area contributed by atoms with Crippen LogP contribution in [0, 0.1) is 5.92 Å². The minimum Gasteiger partial charge on any atom is -0.478 e. The minimum absolute atomic E-state index is 0.0423. The van der Waals surface area contributed by atoms with Crippen LogP contribution in [-0.2, 0) is 0 Å². The van der Waals surface area contributed by atoms with Gasteiger partial charge in [0.2, 0.25) is 0 Å². The van der Waals surface area contributed by atoms with Gasteiger partial charge in [0.05, 0.1) is 5.56 Å². The Labute approximate surface area is 116 Å². The Morgan fingerprint density at radius 3 is 2.74 bits per heavy atom. The number of nitrogens with one attached hydrogen (secondary N) is 2. The maximum Gasteiger partial charge on any atom is 0.335 e. The van der Waals surface area contributed by atoms with Crippen molar-refractivity contribution in [2.45, 2.75) is 25.8 Å². The number of amides is 2. The molecule has 0 aromatic heterocycles. The fourth-order valence-corrected chi connectivity index (χ4v) is 2.23. The molecule has 1 aromatic rings. The second kappa shape index (κ2) is 5.48. The molecule has 3 N–H and O–H groups in total. The van der Waals surface area contributed by atoms with E-state index in [4.69, 9.17) is 16.7 Å². The van der Waals surface area contributed by atoms with Gasteiger partial charge in [-0.3, -0.25) is 0 Å². The topological polar surface area (TPSA) is 78.4 Å². The van der Waals surface area contributed by atoms with Crippen molar-refractivity contribution in [2.24, 2.45) is 5.92 Å². The SMILES string of the molecule is CCC1CC1NC(=O)Nc1cc(Cl)cc(C(=O)O)c1. The first kappa shape index (κ1) is 13.7. The van der Waals surface area contributed by atoms with Crippen LogP contribution in [0.1, 0.15) is 30.1 Å². The molecular weight excluding hydrogens is 268 g/mol. The number of aromatic carboxylic acids is 1. The van der Waals surface area contributed by atoms with Crippen LogP contribution < -0.4 is 10.6 Å². The summed E-state index contributed by atoms with van der Waals surface area (Å²) >= 11 is 5.81. The second-order valence-electron chi connectivity index (χ2n) is 4.64. The minimum atomic E-state index is -1.08. The van der Waals surface area contributed by atoms with Gasteiger partial charge in [0.1, 0.15) is 0 Å². The van der Waals surface area contributed by atoms with Crippen molar-refractivity contribution in [3.63, 3.8) is 0 Å². The lowest BCUT2D eigenvalue weighted by atomic mass is 10.2. The van der Waals surface area contributed by atoms with Crippen LogP contribution in [0.2, 0.25) is 5.02 Å². The lowest BCUT2D eigenvalue weighted by Gasteiger charge is -2.08. The summed E-state index contributed by atoms with van der Waals surface area (Å²) < 4.78 is 0. The van der Waals surface area contributed by atoms with Crippen LogP contribution in [0.3, 0.4) is 0 Å². The fraction of sp³-hybridized carbons (Fsp3) is 0.385. The summed E-state index contributed by atoms with van der Waals surface area (Å²) in [5, 5.41) is 14.6. The average Bonchev–Trinajstić information content (AvgIpc) is 3.06. The van der Waals surface area contributed by atoms with E-state index in [0.717, 1.165) is 12.8 Å². The Bertz CT molecular complexity index is 519. The highest BCUT2D eigenvalue weighted by Crippen LogP contribution is 2.33. The number of hydrogen-bond donors (Lipinski definition) is 3. The zero-order chi connectivity index (χ0) is 14.0. The van der Waals surface area contributed by atoms with Gasteiger partial charge in [0.25, 0.3) is 0 Å². The largest absolute Gasteiger partial charge is 0.478 e. The molecular formula is C13H15ClN2O3. The number of carbonyl (C=O) groups excluding carboxylic acids is 1. The molecule has 0 radical (unpaired) electrons. The molecule has 0 spiro atoms. The number of carboxylic acid groups (broad SMARTS) is 1. The molecule has 0 heterocycles. The van der Waals surface area contributed by atoms with E-state index < -0.39 is 5.97 Å². The summed E-state index contributed by atoms with van der Waals surface area (Å²) in [5.74, 6) is -0.529.